The molecule has 166 valence electrons. The van der Waals surface area contributed by atoms with Gasteiger partial charge < -0.3 is 39.6 Å². The highest BCUT2D eigenvalue weighted by Gasteiger charge is 2.44. The maximum atomic E-state index is 14.5. The standard InChI is InChI=1S/C21H22FNO7S/c1-29-10-5-6-15(12(22)7-10)31-16-8-23(17-11(16)3-2-4-13(17)25)21-20(28)19(27)18(26)14(9-24)30-21/h2-8,14,18-21,24-28H,9H2,1H3/t14-,18-,19+,20-,21-/m1/s1. The molecule has 8 nitrogen and oxygen atoms in total. The number of para-hydroxylation sites is 1. The summed E-state index contributed by atoms with van der Waals surface area (Å²) in [5.41, 5.74) is 0.295. The maximum absolute atomic E-state index is 14.5. The number of halogens is 1. The third-order valence-corrected chi connectivity index (χ3v) is 6.39. The van der Waals surface area contributed by atoms with Crippen LogP contribution in [0, 0.1) is 5.82 Å². The number of aromatic hydroxyl groups is 1. The molecule has 1 aliphatic heterocycles. The molecule has 4 rings (SSSR count). The number of rotatable bonds is 5. The van der Waals surface area contributed by atoms with Gasteiger partial charge in [0, 0.05) is 27.4 Å². The zero-order chi connectivity index (χ0) is 22.3. The smallest absolute Gasteiger partial charge is 0.163 e. The fourth-order valence-corrected chi connectivity index (χ4v) is 4.64. The molecule has 1 fully saturated rings. The van der Waals surface area contributed by atoms with Gasteiger partial charge in [-0.25, -0.2) is 4.39 Å². The lowest BCUT2D eigenvalue weighted by atomic mass is 9.98. The minimum absolute atomic E-state index is 0.114. The van der Waals surface area contributed by atoms with Crippen molar-refractivity contribution in [3.63, 3.8) is 0 Å². The van der Waals surface area contributed by atoms with Gasteiger partial charge in [-0.05, 0) is 18.2 Å². The molecule has 31 heavy (non-hydrogen) atoms. The van der Waals surface area contributed by atoms with Gasteiger partial charge in [0.15, 0.2) is 6.23 Å². The number of benzene rings is 2. The number of hydrogen-bond acceptors (Lipinski definition) is 8. The van der Waals surface area contributed by atoms with E-state index in [4.69, 9.17) is 9.47 Å². The van der Waals surface area contributed by atoms with Gasteiger partial charge in [0.1, 0.15) is 41.7 Å². The summed E-state index contributed by atoms with van der Waals surface area (Å²) in [4.78, 5) is 0.879. The van der Waals surface area contributed by atoms with Gasteiger partial charge in [0.05, 0.1) is 19.2 Å². The van der Waals surface area contributed by atoms with Crippen LogP contribution < -0.4 is 4.74 Å². The summed E-state index contributed by atoms with van der Waals surface area (Å²) in [6, 6.07) is 9.25. The van der Waals surface area contributed by atoms with Crippen molar-refractivity contribution in [2.24, 2.45) is 0 Å². The number of phenols is 1. The summed E-state index contributed by atoms with van der Waals surface area (Å²) in [6.45, 7) is -0.578. The first-order valence-corrected chi connectivity index (χ1v) is 10.3. The van der Waals surface area contributed by atoms with E-state index in [0.29, 0.717) is 26.4 Å². The molecule has 1 saturated heterocycles. The van der Waals surface area contributed by atoms with Crippen LogP contribution in [0.5, 0.6) is 11.5 Å². The quantitative estimate of drug-likeness (QED) is 0.396. The van der Waals surface area contributed by atoms with Crippen LogP contribution in [0.1, 0.15) is 6.23 Å². The van der Waals surface area contributed by atoms with E-state index in [1.54, 1.807) is 30.5 Å². The Morgan fingerprint density at radius 2 is 1.87 bits per heavy atom. The Balaban J connectivity index is 1.79. The van der Waals surface area contributed by atoms with Crippen molar-refractivity contribution in [2.45, 2.75) is 40.4 Å². The van der Waals surface area contributed by atoms with Crippen LogP contribution in [0.4, 0.5) is 4.39 Å². The highest BCUT2D eigenvalue weighted by Crippen LogP contribution is 2.42. The van der Waals surface area contributed by atoms with Crippen LogP contribution in [0.25, 0.3) is 10.9 Å². The number of ether oxygens (including phenoxy) is 2. The summed E-state index contributed by atoms with van der Waals surface area (Å²) in [7, 11) is 1.44. The molecule has 1 aromatic heterocycles. The van der Waals surface area contributed by atoms with E-state index in [0.717, 1.165) is 11.8 Å². The Morgan fingerprint density at radius 3 is 2.55 bits per heavy atom. The number of nitrogens with zero attached hydrogens (tertiary/aromatic N) is 1. The average Bonchev–Trinajstić information content (AvgIpc) is 3.13. The number of hydrogen-bond donors (Lipinski definition) is 5. The molecule has 0 aliphatic carbocycles. The first kappa shape index (κ1) is 21.9. The molecule has 0 unspecified atom stereocenters. The van der Waals surface area contributed by atoms with Crippen LogP contribution in [-0.4, -0.2) is 68.2 Å². The Kier molecular flexibility index (Phi) is 6.11. The normalized spacial score (nSPS) is 26.3. The Labute approximate surface area is 181 Å². The summed E-state index contributed by atoms with van der Waals surface area (Å²) in [5, 5.41) is 51.3. The number of phenolic OH excluding ortho intramolecular Hbond substituents is 1. The van der Waals surface area contributed by atoms with Crippen molar-refractivity contribution >= 4 is 22.7 Å². The monoisotopic (exact) mass is 451 g/mol. The Hall–Kier alpha value is -2.34. The van der Waals surface area contributed by atoms with Gasteiger partial charge in [0.2, 0.25) is 0 Å². The second-order valence-corrected chi connectivity index (χ2v) is 8.28. The largest absolute Gasteiger partial charge is 0.506 e. The van der Waals surface area contributed by atoms with Crippen molar-refractivity contribution in [1.82, 2.24) is 4.57 Å². The fourth-order valence-electron chi connectivity index (χ4n) is 3.67. The predicted molar refractivity (Wildman–Crippen MR) is 110 cm³/mol. The second kappa shape index (κ2) is 8.65. The molecule has 0 spiro atoms. The third kappa shape index (κ3) is 3.86. The highest BCUT2D eigenvalue weighted by molar-refractivity contribution is 7.99. The van der Waals surface area contributed by atoms with E-state index in [1.165, 1.54) is 23.8 Å². The molecule has 0 amide bonds. The van der Waals surface area contributed by atoms with Gasteiger partial charge in [-0.3, -0.25) is 0 Å². The van der Waals surface area contributed by atoms with Gasteiger partial charge >= 0.3 is 0 Å². The van der Waals surface area contributed by atoms with Crippen LogP contribution in [0.15, 0.2) is 52.4 Å². The van der Waals surface area contributed by atoms with Crippen molar-refractivity contribution in [3.05, 3.63) is 48.4 Å². The van der Waals surface area contributed by atoms with Crippen molar-refractivity contribution in [2.75, 3.05) is 13.7 Å². The topological polar surface area (TPSA) is 125 Å². The van der Waals surface area contributed by atoms with Crippen LogP contribution in [0.2, 0.25) is 0 Å². The van der Waals surface area contributed by atoms with E-state index < -0.39 is 43.1 Å². The molecule has 2 heterocycles. The van der Waals surface area contributed by atoms with Crippen LogP contribution in [-0.2, 0) is 4.74 Å². The molecular formula is C21H22FNO7S. The Bertz CT molecular complexity index is 1090. The molecule has 1 aliphatic rings. The minimum atomic E-state index is -1.57. The lowest BCUT2D eigenvalue weighted by Gasteiger charge is -2.40. The van der Waals surface area contributed by atoms with E-state index in [9.17, 15) is 29.9 Å². The molecule has 0 bridgehead atoms. The number of methoxy groups -OCH3 is 1. The molecule has 0 radical (unpaired) electrons. The van der Waals surface area contributed by atoms with Gasteiger partial charge in [-0.15, -0.1) is 0 Å². The van der Waals surface area contributed by atoms with Gasteiger partial charge in [0.25, 0.3) is 0 Å². The number of aliphatic hydroxyl groups excluding tert-OH is 4. The molecule has 5 N–H and O–H groups in total. The Morgan fingerprint density at radius 1 is 1.10 bits per heavy atom. The van der Waals surface area contributed by atoms with Crippen molar-refractivity contribution < 1.29 is 39.4 Å². The van der Waals surface area contributed by atoms with Crippen molar-refractivity contribution in [1.29, 1.82) is 0 Å². The zero-order valence-electron chi connectivity index (χ0n) is 16.4. The van der Waals surface area contributed by atoms with E-state index >= 15 is 0 Å². The third-order valence-electron chi connectivity index (χ3n) is 5.29. The molecule has 0 saturated carbocycles. The van der Waals surface area contributed by atoms with E-state index in [2.05, 4.69) is 0 Å². The average molecular weight is 451 g/mol. The molecule has 5 atom stereocenters. The van der Waals surface area contributed by atoms with Gasteiger partial charge in [-0.2, -0.15) is 0 Å². The highest BCUT2D eigenvalue weighted by atomic mass is 32.2. The van der Waals surface area contributed by atoms with Crippen LogP contribution in [0.3, 0.4) is 0 Å². The first-order valence-electron chi connectivity index (χ1n) is 9.50. The zero-order valence-corrected chi connectivity index (χ0v) is 17.2. The second-order valence-electron chi connectivity index (χ2n) is 7.19. The summed E-state index contributed by atoms with van der Waals surface area (Å²) in [5.74, 6) is -0.224. The fraction of sp³-hybridized carbons (Fsp3) is 0.333. The van der Waals surface area contributed by atoms with E-state index in [1.807, 2.05) is 0 Å². The van der Waals surface area contributed by atoms with Crippen LogP contribution >= 0.6 is 11.8 Å². The number of aromatic nitrogens is 1. The summed E-state index contributed by atoms with van der Waals surface area (Å²) in [6.07, 6.45) is -5.37. The van der Waals surface area contributed by atoms with E-state index in [-0.39, 0.29) is 5.75 Å². The lowest BCUT2D eigenvalue weighted by molar-refractivity contribution is -0.250. The number of fused-ring (bicyclic) bond motifs is 1. The summed E-state index contributed by atoms with van der Waals surface area (Å²) < 4.78 is 26.6. The first-order chi connectivity index (χ1) is 14.8. The predicted octanol–water partition coefficient (Wildman–Crippen LogP) is 1.62. The number of aliphatic hydroxyl groups is 4. The van der Waals surface area contributed by atoms with Gasteiger partial charge in [-0.1, -0.05) is 23.9 Å². The van der Waals surface area contributed by atoms with Crippen molar-refractivity contribution in [3.8, 4) is 11.5 Å². The SMILES string of the molecule is COc1ccc(Sc2cn([C@@H]3O[C@H](CO)[C@@H](O)[C@H](O)[C@H]3O)c3c(O)cccc23)c(F)c1. The molecular weight excluding hydrogens is 429 g/mol. The molecule has 2 aromatic carbocycles. The minimum Gasteiger partial charge on any atom is -0.506 e. The lowest BCUT2D eigenvalue weighted by Crippen LogP contribution is -2.56. The molecule has 10 heteroatoms. The molecule has 3 aromatic rings. The maximum Gasteiger partial charge on any atom is 0.163 e. The summed E-state index contributed by atoms with van der Waals surface area (Å²) >= 11 is 1.10.